The zero-order valence-corrected chi connectivity index (χ0v) is 11.9. The van der Waals surface area contributed by atoms with Crippen molar-refractivity contribution in [2.45, 2.75) is 38.5 Å². The normalized spacial score (nSPS) is 14.9. The highest BCUT2D eigenvalue weighted by molar-refractivity contribution is 5.31. The lowest BCUT2D eigenvalue weighted by molar-refractivity contribution is -0.139. The summed E-state index contributed by atoms with van der Waals surface area (Å²) in [5.74, 6) is 0. The number of rotatable bonds is 5. The number of alkyl halides is 3. The van der Waals surface area contributed by atoms with E-state index in [2.05, 4.69) is 10.4 Å². The smallest absolute Gasteiger partial charge is 0.307 e. The molecular formula is C15H18F3N3. The molecule has 0 aliphatic rings. The average Bonchev–Trinajstić information content (AvgIpc) is 2.87. The lowest BCUT2D eigenvalue weighted by Gasteiger charge is -2.20. The quantitative estimate of drug-likeness (QED) is 0.908. The van der Waals surface area contributed by atoms with Crippen LogP contribution in [0.4, 0.5) is 13.2 Å². The number of nitrogens with zero attached hydrogens (tertiary/aromatic N) is 2. The van der Waals surface area contributed by atoms with Crippen molar-refractivity contribution in [2.75, 3.05) is 0 Å². The summed E-state index contributed by atoms with van der Waals surface area (Å²) in [6.45, 7) is 3.37. The Bertz CT molecular complexity index is 563. The molecule has 1 heterocycles. The molecule has 114 valence electrons. The lowest BCUT2D eigenvalue weighted by atomic mass is 10.1. The third kappa shape index (κ3) is 4.60. The van der Waals surface area contributed by atoms with Gasteiger partial charge in [-0.2, -0.15) is 18.3 Å². The number of benzene rings is 1. The predicted octanol–water partition coefficient (Wildman–Crippen LogP) is 3.86. The van der Waals surface area contributed by atoms with Gasteiger partial charge in [0.15, 0.2) is 0 Å². The van der Waals surface area contributed by atoms with E-state index in [4.69, 9.17) is 0 Å². The van der Waals surface area contributed by atoms with Crippen molar-refractivity contribution in [3.63, 3.8) is 0 Å². The van der Waals surface area contributed by atoms with Crippen LogP contribution in [0.1, 0.15) is 31.9 Å². The molecule has 0 aliphatic heterocycles. The van der Waals surface area contributed by atoms with Crippen LogP contribution in [-0.4, -0.2) is 22.0 Å². The summed E-state index contributed by atoms with van der Waals surface area (Å²) in [4.78, 5) is 0. The lowest BCUT2D eigenvalue weighted by Crippen LogP contribution is -2.33. The van der Waals surface area contributed by atoms with Gasteiger partial charge in [-0.3, -0.25) is 0 Å². The van der Waals surface area contributed by atoms with Gasteiger partial charge in [-0.05, 0) is 26.0 Å². The summed E-state index contributed by atoms with van der Waals surface area (Å²) in [6.07, 6.45) is -1.50. The number of halogens is 3. The van der Waals surface area contributed by atoms with Gasteiger partial charge in [0.2, 0.25) is 0 Å². The minimum absolute atomic E-state index is 0.195. The molecule has 0 saturated carbocycles. The first kappa shape index (κ1) is 15.6. The Morgan fingerprint density at radius 3 is 2.48 bits per heavy atom. The van der Waals surface area contributed by atoms with Gasteiger partial charge >= 0.3 is 6.18 Å². The van der Waals surface area contributed by atoms with Crippen LogP contribution in [0.3, 0.4) is 0 Å². The van der Waals surface area contributed by atoms with E-state index >= 15 is 0 Å². The van der Waals surface area contributed by atoms with Crippen LogP contribution in [-0.2, 0) is 0 Å². The molecule has 0 aliphatic carbocycles. The van der Waals surface area contributed by atoms with Crippen LogP contribution < -0.4 is 5.32 Å². The van der Waals surface area contributed by atoms with Crippen molar-refractivity contribution in [3.8, 4) is 5.69 Å². The van der Waals surface area contributed by atoms with Crippen LogP contribution in [0.5, 0.6) is 0 Å². The zero-order valence-electron chi connectivity index (χ0n) is 11.9. The Morgan fingerprint density at radius 2 is 1.86 bits per heavy atom. The van der Waals surface area contributed by atoms with Crippen molar-refractivity contribution in [2.24, 2.45) is 0 Å². The largest absolute Gasteiger partial charge is 0.390 e. The zero-order chi connectivity index (χ0) is 15.5. The molecule has 2 aromatic rings. The Morgan fingerprint density at radius 1 is 1.19 bits per heavy atom. The number of aromatic nitrogens is 2. The molecule has 3 nitrogen and oxygen atoms in total. The highest BCUT2D eigenvalue weighted by Crippen LogP contribution is 2.23. The molecule has 0 spiro atoms. The van der Waals surface area contributed by atoms with Gasteiger partial charge in [0.1, 0.15) is 0 Å². The second kappa shape index (κ2) is 6.30. The minimum Gasteiger partial charge on any atom is -0.307 e. The van der Waals surface area contributed by atoms with E-state index in [0.29, 0.717) is 0 Å². The summed E-state index contributed by atoms with van der Waals surface area (Å²) in [5.41, 5.74) is 1.77. The number of para-hydroxylation sites is 1. The summed E-state index contributed by atoms with van der Waals surface area (Å²) >= 11 is 0. The van der Waals surface area contributed by atoms with E-state index in [1.165, 1.54) is 6.92 Å². The Labute approximate surface area is 121 Å². The molecule has 1 aromatic heterocycles. The highest BCUT2D eigenvalue weighted by atomic mass is 19.4. The molecule has 1 aromatic carbocycles. The third-order valence-electron chi connectivity index (χ3n) is 3.20. The highest BCUT2D eigenvalue weighted by Gasteiger charge is 2.30. The van der Waals surface area contributed by atoms with Gasteiger partial charge in [0.25, 0.3) is 0 Å². The number of hydrogen-bond donors (Lipinski definition) is 1. The van der Waals surface area contributed by atoms with Gasteiger partial charge in [-0.15, -0.1) is 0 Å². The summed E-state index contributed by atoms with van der Waals surface area (Å²) in [7, 11) is 0. The van der Waals surface area contributed by atoms with E-state index in [9.17, 15) is 13.2 Å². The monoisotopic (exact) mass is 297 g/mol. The molecular weight excluding hydrogens is 279 g/mol. The van der Waals surface area contributed by atoms with E-state index in [-0.39, 0.29) is 6.04 Å². The average molecular weight is 297 g/mol. The fourth-order valence-corrected chi connectivity index (χ4v) is 2.21. The van der Waals surface area contributed by atoms with E-state index in [1.807, 2.05) is 43.5 Å². The maximum atomic E-state index is 12.3. The van der Waals surface area contributed by atoms with E-state index in [1.54, 1.807) is 10.9 Å². The van der Waals surface area contributed by atoms with Gasteiger partial charge in [0, 0.05) is 23.8 Å². The first-order valence-electron chi connectivity index (χ1n) is 6.78. The van der Waals surface area contributed by atoms with Gasteiger partial charge in [-0.25, -0.2) is 4.68 Å². The Hall–Kier alpha value is -1.82. The molecule has 1 N–H and O–H groups in total. The second-order valence-corrected chi connectivity index (χ2v) is 5.16. The Balaban J connectivity index is 2.01. The maximum Gasteiger partial charge on any atom is 0.390 e. The van der Waals surface area contributed by atoms with Crippen molar-refractivity contribution in [3.05, 3.63) is 48.3 Å². The molecule has 0 fully saturated rings. The Kier molecular flexibility index (Phi) is 4.67. The van der Waals surface area contributed by atoms with Crippen molar-refractivity contribution < 1.29 is 13.2 Å². The van der Waals surface area contributed by atoms with Crippen LogP contribution in [0.2, 0.25) is 0 Å². The van der Waals surface area contributed by atoms with Crippen LogP contribution >= 0.6 is 0 Å². The van der Waals surface area contributed by atoms with Gasteiger partial charge < -0.3 is 5.32 Å². The fourth-order valence-electron chi connectivity index (χ4n) is 2.21. The van der Waals surface area contributed by atoms with Gasteiger partial charge in [-0.1, -0.05) is 18.2 Å². The molecule has 0 radical (unpaired) electrons. The number of hydrogen-bond acceptors (Lipinski definition) is 2. The first-order chi connectivity index (χ1) is 9.85. The van der Waals surface area contributed by atoms with Crippen molar-refractivity contribution in [1.29, 1.82) is 0 Å². The summed E-state index contributed by atoms with van der Waals surface area (Å²) < 4.78 is 38.7. The molecule has 6 heteroatoms. The molecule has 21 heavy (non-hydrogen) atoms. The van der Waals surface area contributed by atoms with Crippen LogP contribution in [0.25, 0.3) is 5.69 Å². The standard InChI is InChI=1S/C15H18F3N3/c1-11(8-15(16,17)18)20-12(2)13-9-19-21(10-13)14-6-4-3-5-7-14/h3-7,9-12,20H,8H2,1-2H3. The first-order valence-corrected chi connectivity index (χ1v) is 6.78. The van der Waals surface area contributed by atoms with Gasteiger partial charge in [0.05, 0.1) is 18.3 Å². The van der Waals surface area contributed by atoms with Crippen molar-refractivity contribution >= 4 is 0 Å². The maximum absolute atomic E-state index is 12.3. The second-order valence-electron chi connectivity index (χ2n) is 5.16. The molecule has 0 bridgehead atoms. The predicted molar refractivity (Wildman–Crippen MR) is 75.2 cm³/mol. The van der Waals surface area contributed by atoms with Crippen molar-refractivity contribution in [1.82, 2.24) is 15.1 Å². The molecule has 2 rings (SSSR count). The molecule has 2 atom stereocenters. The van der Waals surface area contributed by atoms with E-state index < -0.39 is 18.6 Å². The summed E-state index contributed by atoms with van der Waals surface area (Å²) in [6, 6.07) is 8.73. The molecule has 0 saturated heterocycles. The summed E-state index contributed by atoms with van der Waals surface area (Å²) in [5, 5.41) is 7.19. The van der Waals surface area contributed by atoms with E-state index in [0.717, 1.165) is 11.3 Å². The molecule has 0 amide bonds. The van der Waals surface area contributed by atoms with Crippen LogP contribution in [0.15, 0.2) is 42.7 Å². The minimum atomic E-state index is -4.15. The molecule has 2 unspecified atom stereocenters. The topological polar surface area (TPSA) is 29.9 Å². The SMILES string of the molecule is CC(CC(F)(F)F)NC(C)c1cnn(-c2ccccc2)c1. The van der Waals surface area contributed by atoms with Crippen LogP contribution in [0, 0.1) is 0 Å². The number of nitrogens with one attached hydrogen (secondary N) is 1. The fraction of sp³-hybridized carbons (Fsp3) is 0.400. The third-order valence-corrected chi connectivity index (χ3v) is 3.20.